The largest absolute Gasteiger partial charge is 0.497 e. The van der Waals surface area contributed by atoms with Crippen LogP contribution in [0.4, 0.5) is 11.4 Å². The van der Waals surface area contributed by atoms with Gasteiger partial charge in [0.05, 0.1) is 14.2 Å². The Kier molecular flexibility index (Phi) is 5.12. The Balaban J connectivity index is 1.78. The zero-order chi connectivity index (χ0) is 14.2. The van der Waals surface area contributed by atoms with Gasteiger partial charge in [0.1, 0.15) is 11.5 Å². The molecule has 20 heavy (non-hydrogen) atoms. The molecule has 0 spiro atoms. The van der Waals surface area contributed by atoms with Gasteiger partial charge in [-0.15, -0.1) is 0 Å². The van der Waals surface area contributed by atoms with Gasteiger partial charge in [0.2, 0.25) is 0 Å². The second kappa shape index (κ2) is 7.28. The second-order valence-electron chi connectivity index (χ2n) is 4.32. The third kappa shape index (κ3) is 4.09. The molecule has 0 atom stereocenters. The molecule has 0 amide bonds. The third-order valence-electron chi connectivity index (χ3n) is 2.92. The highest BCUT2D eigenvalue weighted by molar-refractivity contribution is 5.50. The fraction of sp³-hybridized carbons (Fsp3) is 0.250. The summed E-state index contributed by atoms with van der Waals surface area (Å²) in [4.78, 5) is 0. The molecule has 2 aromatic rings. The summed E-state index contributed by atoms with van der Waals surface area (Å²) in [6, 6.07) is 15.8. The van der Waals surface area contributed by atoms with Crippen LogP contribution in [0.25, 0.3) is 0 Å². The maximum Gasteiger partial charge on any atom is 0.120 e. The normalized spacial score (nSPS) is 9.90. The lowest BCUT2D eigenvalue weighted by Gasteiger charge is -2.10. The van der Waals surface area contributed by atoms with Crippen LogP contribution in [0.2, 0.25) is 0 Å². The van der Waals surface area contributed by atoms with Gasteiger partial charge in [-0.3, -0.25) is 0 Å². The Bertz CT molecular complexity index is 494. The molecule has 0 saturated carbocycles. The molecule has 0 unspecified atom stereocenters. The first-order chi connectivity index (χ1) is 9.81. The van der Waals surface area contributed by atoms with Crippen molar-refractivity contribution in [2.24, 2.45) is 0 Å². The lowest BCUT2D eigenvalue weighted by atomic mass is 10.3. The van der Waals surface area contributed by atoms with Crippen LogP contribution < -0.4 is 20.1 Å². The number of hydrogen-bond acceptors (Lipinski definition) is 4. The molecule has 0 saturated heterocycles. The van der Waals surface area contributed by atoms with E-state index in [2.05, 4.69) is 10.6 Å². The SMILES string of the molecule is COc1cccc(NCCNc2cccc(OC)c2)c1. The minimum absolute atomic E-state index is 0.824. The van der Waals surface area contributed by atoms with Gasteiger partial charge in [-0.25, -0.2) is 0 Å². The van der Waals surface area contributed by atoms with Crippen molar-refractivity contribution >= 4 is 11.4 Å². The topological polar surface area (TPSA) is 42.5 Å². The fourth-order valence-electron chi connectivity index (χ4n) is 1.88. The van der Waals surface area contributed by atoms with E-state index in [9.17, 15) is 0 Å². The molecule has 0 heterocycles. The Hall–Kier alpha value is -2.36. The molecule has 2 rings (SSSR count). The second-order valence-corrected chi connectivity index (χ2v) is 4.32. The molecule has 2 aromatic carbocycles. The number of anilines is 2. The molecule has 0 aliphatic rings. The van der Waals surface area contributed by atoms with Crippen molar-refractivity contribution in [1.29, 1.82) is 0 Å². The number of methoxy groups -OCH3 is 2. The highest BCUT2D eigenvalue weighted by atomic mass is 16.5. The summed E-state index contributed by atoms with van der Waals surface area (Å²) in [5.74, 6) is 1.71. The van der Waals surface area contributed by atoms with Crippen molar-refractivity contribution in [3.63, 3.8) is 0 Å². The van der Waals surface area contributed by atoms with Crippen molar-refractivity contribution in [2.75, 3.05) is 37.9 Å². The zero-order valence-corrected chi connectivity index (χ0v) is 11.8. The van der Waals surface area contributed by atoms with Gasteiger partial charge in [-0.1, -0.05) is 12.1 Å². The lowest BCUT2D eigenvalue weighted by Crippen LogP contribution is -2.13. The van der Waals surface area contributed by atoms with Crippen LogP contribution in [-0.4, -0.2) is 27.3 Å². The number of rotatable bonds is 7. The molecule has 0 aromatic heterocycles. The number of ether oxygens (including phenoxy) is 2. The monoisotopic (exact) mass is 272 g/mol. The minimum atomic E-state index is 0.824. The minimum Gasteiger partial charge on any atom is -0.497 e. The molecule has 4 nitrogen and oxygen atoms in total. The number of hydrogen-bond donors (Lipinski definition) is 2. The third-order valence-corrected chi connectivity index (χ3v) is 2.92. The number of nitrogens with one attached hydrogen (secondary N) is 2. The fourth-order valence-corrected chi connectivity index (χ4v) is 1.88. The Morgan fingerprint density at radius 2 is 1.20 bits per heavy atom. The summed E-state index contributed by atoms with van der Waals surface area (Å²) in [7, 11) is 3.34. The van der Waals surface area contributed by atoms with Crippen LogP contribution in [0.5, 0.6) is 11.5 Å². The Morgan fingerprint density at radius 1 is 0.750 bits per heavy atom. The molecule has 2 N–H and O–H groups in total. The molecule has 0 aliphatic heterocycles. The maximum atomic E-state index is 5.19. The van der Waals surface area contributed by atoms with E-state index in [1.807, 2.05) is 48.5 Å². The average Bonchev–Trinajstić information content (AvgIpc) is 2.52. The van der Waals surface area contributed by atoms with Crippen LogP contribution in [-0.2, 0) is 0 Å². The van der Waals surface area contributed by atoms with E-state index in [1.165, 1.54) is 0 Å². The standard InChI is InChI=1S/C16H20N2O2/c1-19-15-7-3-5-13(11-15)17-9-10-18-14-6-4-8-16(12-14)20-2/h3-8,11-12,17-18H,9-10H2,1-2H3. The molecule has 0 radical (unpaired) electrons. The highest BCUT2D eigenvalue weighted by Gasteiger charge is 1.96. The molecule has 106 valence electrons. The Morgan fingerprint density at radius 3 is 1.60 bits per heavy atom. The number of benzene rings is 2. The van der Waals surface area contributed by atoms with Gasteiger partial charge in [0, 0.05) is 36.6 Å². The average molecular weight is 272 g/mol. The van der Waals surface area contributed by atoms with Crippen LogP contribution in [0, 0.1) is 0 Å². The van der Waals surface area contributed by atoms with Gasteiger partial charge >= 0.3 is 0 Å². The van der Waals surface area contributed by atoms with Gasteiger partial charge in [0.15, 0.2) is 0 Å². The molecule has 0 bridgehead atoms. The summed E-state index contributed by atoms with van der Waals surface area (Å²) >= 11 is 0. The van der Waals surface area contributed by atoms with Crippen LogP contribution >= 0.6 is 0 Å². The summed E-state index contributed by atoms with van der Waals surface area (Å²) in [6.07, 6.45) is 0. The Labute approximate surface area is 119 Å². The predicted octanol–water partition coefficient (Wildman–Crippen LogP) is 3.23. The van der Waals surface area contributed by atoms with E-state index in [1.54, 1.807) is 14.2 Å². The molecule has 4 heteroatoms. The zero-order valence-electron chi connectivity index (χ0n) is 11.8. The van der Waals surface area contributed by atoms with Crippen LogP contribution in [0.1, 0.15) is 0 Å². The predicted molar refractivity (Wildman–Crippen MR) is 83.0 cm³/mol. The van der Waals surface area contributed by atoms with E-state index in [0.29, 0.717) is 0 Å². The van der Waals surface area contributed by atoms with E-state index >= 15 is 0 Å². The van der Waals surface area contributed by atoms with Crippen molar-refractivity contribution < 1.29 is 9.47 Å². The highest BCUT2D eigenvalue weighted by Crippen LogP contribution is 2.17. The van der Waals surface area contributed by atoms with Crippen LogP contribution in [0.3, 0.4) is 0 Å². The molecular formula is C16H20N2O2. The summed E-state index contributed by atoms with van der Waals surface area (Å²) in [6.45, 7) is 1.65. The summed E-state index contributed by atoms with van der Waals surface area (Å²) < 4.78 is 10.4. The van der Waals surface area contributed by atoms with Crippen LogP contribution in [0.15, 0.2) is 48.5 Å². The van der Waals surface area contributed by atoms with Gasteiger partial charge in [0.25, 0.3) is 0 Å². The van der Waals surface area contributed by atoms with Crippen molar-refractivity contribution in [3.8, 4) is 11.5 Å². The van der Waals surface area contributed by atoms with E-state index in [0.717, 1.165) is 36.0 Å². The van der Waals surface area contributed by atoms with E-state index < -0.39 is 0 Å². The first-order valence-corrected chi connectivity index (χ1v) is 6.57. The first kappa shape index (κ1) is 14.1. The summed E-state index contributed by atoms with van der Waals surface area (Å²) in [5, 5.41) is 6.69. The smallest absolute Gasteiger partial charge is 0.120 e. The molecule has 0 fully saturated rings. The van der Waals surface area contributed by atoms with E-state index in [-0.39, 0.29) is 0 Å². The maximum absolute atomic E-state index is 5.19. The first-order valence-electron chi connectivity index (χ1n) is 6.57. The van der Waals surface area contributed by atoms with E-state index in [4.69, 9.17) is 9.47 Å². The van der Waals surface area contributed by atoms with Gasteiger partial charge in [-0.2, -0.15) is 0 Å². The summed E-state index contributed by atoms with van der Waals surface area (Å²) in [5.41, 5.74) is 2.11. The van der Waals surface area contributed by atoms with Crippen molar-refractivity contribution in [3.05, 3.63) is 48.5 Å². The molecular weight excluding hydrogens is 252 g/mol. The van der Waals surface area contributed by atoms with Crippen molar-refractivity contribution in [2.45, 2.75) is 0 Å². The lowest BCUT2D eigenvalue weighted by molar-refractivity contribution is 0.415. The quantitative estimate of drug-likeness (QED) is 0.759. The van der Waals surface area contributed by atoms with Gasteiger partial charge < -0.3 is 20.1 Å². The van der Waals surface area contributed by atoms with Gasteiger partial charge in [-0.05, 0) is 24.3 Å². The molecule has 0 aliphatic carbocycles. The van der Waals surface area contributed by atoms with Crippen molar-refractivity contribution in [1.82, 2.24) is 0 Å².